The van der Waals surface area contributed by atoms with Crippen LogP contribution in [0.25, 0.3) is 10.9 Å². The van der Waals surface area contributed by atoms with Crippen LogP contribution in [0.1, 0.15) is 12.8 Å². The van der Waals surface area contributed by atoms with Crippen molar-refractivity contribution in [2.75, 3.05) is 50.4 Å². The molecular formula is C25H26ClFN6O4. The topological polar surface area (TPSA) is 123 Å². The molecule has 1 amide bonds. The molecule has 2 aromatic carbocycles. The van der Waals surface area contributed by atoms with Crippen molar-refractivity contribution >= 4 is 51.6 Å². The van der Waals surface area contributed by atoms with Crippen LogP contribution in [-0.2, 0) is 14.3 Å². The van der Waals surface area contributed by atoms with Crippen LogP contribution in [0.2, 0.25) is 5.02 Å². The number of benzene rings is 2. The highest BCUT2D eigenvalue weighted by molar-refractivity contribution is 6.31. The van der Waals surface area contributed by atoms with Crippen molar-refractivity contribution in [2.24, 2.45) is 0 Å². The zero-order valence-corrected chi connectivity index (χ0v) is 20.7. The summed E-state index contributed by atoms with van der Waals surface area (Å²) in [5.74, 6) is 0.102. The van der Waals surface area contributed by atoms with Crippen molar-refractivity contribution in [3.05, 3.63) is 47.5 Å². The van der Waals surface area contributed by atoms with E-state index in [2.05, 4.69) is 20.2 Å². The van der Waals surface area contributed by atoms with Gasteiger partial charge in [-0.1, -0.05) is 11.6 Å². The van der Waals surface area contributed by atoms with Gasteiger partial charge in [0.1, 0.15) is 30.3 Å². The average Bonchev–Trinajstić information content (AvgIpc) is 3.33. The number of cyclic esters (lactones) is 1. The lowest BCUT2D eigenvalue weighted by atomic mass is 10.2. The lowest BCUT2D eigenvalue weighted by molar-refractivity contribution is -0.153. The molecule has 1 aromatic heterocycles. The van der Waals surface area contributed by atoms with Gasteiger partial charge in [-0.15, -0.1) is 0 Å². The summed E-state index contributed by atoms with van der Waals surface area (Å²) in [6.45, 7) is 3.65. The summed E-state index contributed by atoms with van der Waals surface area (Å²) in [6, 6.07) is 7.81. The predicted molar refractivity (Wildman–Crippen MR) is 136 cm³/mol. The number of nitrogens with one attached hydrogen (secondary N) is 1. The van der Waals surface area contributed by atoms with Gasteiger partial charge in [0.05, 0.1) is 16.2 Å². The van der Waals surface area contributed by atoms with E-state index in [0.29, 0.717) is 86.0 Å². The standard InChI is InChI=1S/C25H26ClFN6O4/c26-17-11-15(1-2-18(17)27)31-24-16-12-19(28)22(13-20(16)29-14-30-24)36-10-9-32-5-7-33(8-6-32)25(35)21-3-4-23(34)37-21/h1-2,11-14,21H,3-10,28H2,(H,29,30,31). The van der Waals surface area contributed by atoms with Crippen LogP contribution in [-0.4, -0.2) is 77.1 Å². The Morgan fingerprint density at radius 3 is 2.76 bits per heavy atom. The molecule has 1 atom stereocenters. The maximum Gasteiger partial charge on any atom is 0.306 e. The van der Waals surface area contributed by atoms with Crippen molar-refractivity contribution in [3.63, 3.8) is 0 Å². The summed E-state index contributed by atoms with van der Waals surface area (Å²) >= 11 is 5.88. The highest BCUT2D eigenvalue weighted by atomic mass is 35.5. The van der Waals surface area contributed by atoms with Crippen LogP contribution in [0.15, 0.2) is 36.7 Å². The first-order valence-corrected chi connectivity index (χ1v) is 12.3. The van der Waals surface area contributed by atoms with Gasteiger partial charge in [0.2, 0.25) is 0 Å². The molecular weight excluding hydrogens is 503 g/mol. The smallest absolute Gasteiger partial charge is 0.306 e. The van der Waals surface area contributed by atoms with Gasteiger partial charge in [0.15, 0.2) is 6.10 Å². The number of carbonyl (C=O) groups is 2. The van der Waals surface area contributed by atoms with Crippen LogP contribution in [0, 0.1) is 5.82 Å². The first kappa shape index (κ1) is 25.0. The van der Waals surface area contributed by atoms with Crippen LogP contribution in [0.3, 0.4) is 0 Å². The fourth-order valence-corrected chi connectivity index (χ4v) is 4.60. The second kappa shape index (κ2) is 10.7. The number of nitrogens with zero attached hydrogens (tertiary/aromatic N) is 4. The minimum absolute atomic E-state index is 0.00546. The molecule has 2 saturated heterocycles. The van der Waals surface area contributed by atoms with Crippen molar-refractivity contribution in [3.8, 4) is 5.75 Å². The number of ether oxygens (including phenoxy) is 2. The van der Waals surface area contributed by atoms with E-state index in [1.165, 1.54) is 18.5 Å². The zero-order chi connectivity index (χ0) is 25.9. The quantitative estimate of drug-likeness (QED) is 0.352. The summed E-state index contributed by atoms with van der Waals surface area (Å²) in [6.07, 6.45) is 1.55. The van der Waals surface area contributed by atoms with E-state index in [-0.39, 0.29) is 16.9 Å². The summed E-state index contributed by atoms with van der Waals surface area (Å²) < 4.78 is 24.5. The number of halogens is 2. The number of carbonyl (C=O) groups excluding carboxylic acids is 2. The number of esters is 1. The molecule has 37 heavy (non-hydrogen) atoms. The number of nitrogens with two attached hydrogens (primary N) is 1. The number of nitrogen functional groups attached to an aromatic ring is 1. The molecule has 2 fully saturated rings. The molecule has 3 N–H and O–H groups in total. The van der Waals surface area contributed by atoms with Crippen LogP contribution < -0.4 is 15.8 Å². The SMILES string of the molecule is Nc1cc2c(Nc3ccc(F)c(Cl)c3)ncnc2cc1OCCN1CCN(C(=O)C2CCC(=O)O2)CC1. The van der Waals surface area contributed by atoms with Crippen molar-refractivity contribution < 1.29 is 23.5 Å². The zero-order valence-electron chi connectivity index (χ0n) is 20.0. The van der Waals surface area contributed by atoms with E-state index in [0.717, 1.165) is 0 Å². The Labute approximate surface area is 217 Å². The van der Waals surface area contributed by atoms with Crippen LogP contribution in [0.5, 0.6) is 5.75 Å². The van der Waals surface area contributed by atoms with Gasteiger partial charge in [-0.2, -0.15) is 0 Å². The van der Waals surface area contributed by atoms with E-state index in [4.69, 9.17) is 26.8 Å². The molecule has 5 rings (SSSR count). The Balaban J connectivity index is 1.16. The molecule has 1 unspecified atom stereocenters. The van der Waals surface area contributed by atoms with E-state index in [1.54, 1.807) is 23.1 Å². The molecule has 0 radical (unpaired) electrons. The van der Waals surface area contributed by atoms with Crippen molar-refractivity contribution in [2.45, 2.75) is 18.9 Å². The van der Waals surface area contributed by atoms with Gasteiger partial charge in [-0.05, 0) is 24.3 Å². The lowest BCUT2D eigenvalue weighted by Gasteiger charge is -2.35. The summed E-state index contributed by atoms with van der Waals surface area (Å²) in [4.78, 5) is 36.4. The minimum atomic E-state index is -0.633. The second-order valence-electron chi connectivity index (χ2n) is 8.92. The molecule has 0 aliphatic carbocycles. The van der Waals surface area contributed by atoms with E-state index < -0.39 is 11.9 Å². The number of piperazine rings is 1. The van der Waals surface area contributed by atoms with E-state index in [1.807, 2.05) is 0 Å². The molecule has 2 aliphatic heterocycles. The predicted octanol–water partition coefficient (Wildman–Crippen LogP) is 2.98. The van der Waals surface area contributed by atoms with E-state index >= 15 is 0 Å². The Morgan fingerprint density at radius 1 is 1.22 bits per heavy atom. The molecule has 3 aromatic rings. The van der Waals surface area contributed by atoms with Crippen LogP contribution >= 0.6 is 11.6 Å². The third-order valence-corrected chi connectivity index (χ3v) is 6.75. The minimum Gasteiger partial charge on any atom is -0.490 e. The largest absolute Gasteiger partial charge is 0.490 e. The highest BCUT2D eigenvalue weighted by Crippen LogP contribution is 2.32. The van der Waals surface area contributed by atoms with Crippen LogP contribution in [0.4, 0.5) is 21.6 Å². The van der Waals surface area contributed by atoms with E-state index in [9.17, 15) is 14.0 Å². The molecule has 0 spiro atoms. The number of rotatable bonds is 7. The summed E-state index contributed by atoms with van der Waals surface area (Å²) in [7, 11) is 0. The maximum atomic E-state index is 13.5. The number of hydrogen-bond acceptors (Lipinski definition) is 9. The second-order valence-corrected chi connectivity index (χ2v) is 9.32. The third-order valence-electron chi connectivity index (χ3n) is 6.46. The van der Waals surface area contributed by atoms with Crippen molar-refractivity contribution in [1.29, 1.82) is 0 Å². The fourth-order valence-electron chi connectivity index (χ4n) is 4.42. The average molecular weight is 529 g/mol. The first-order chi connectivity index (χ1) is 17.9. The molecule has 10 nitrogen and oxygen atoms in total. The number of amides is 1. The molecule has 2 aliphatic rings. The molecule has 0 bridgehead atoms. The normalized spacial score (nSPS) is 18.2. The highest BCUT2D eigenvalue weighted by Gasteiger charge is 2.34. The molecule has 12 heteroatoms. The van der Waals surface area contributed by atoms with Gasteiger partial charge in [-0.3, -0.25) is 14.5 Å². The van der Waals surface area contributed by atoms with Gasteiger partial charge < -0.3 is 25.4 Å². The third kappa shape index (κ3) is 5.67. The molecule has 194 valence electrons. The number of fused-ring (bicyclic) bond motifs is 1. The Morgan fingerprint density at radius 2 is 2.03 bits per heavy atom. The number of aromatic nitrogens is 2. The Bertz CT molecular complexity index is 1330. The first-order valence-electron chi connectivity index (χ1n) is 12.0. The fraction of sp³-hybridized carbons (Fsp3) is 0.360. The molecule has 3 heterocycles. The lowest BCUT2D eigenvalue weighted by Crippen LogP contribution is -2.52. The summed E-state index contributed by atoms with van der Waals surface area (Å²) in [5.41, 5.74) is 7.91. The monoisotopic (exact) mass is 528 g/mol. The number of hydrogen-bond donors (Lipinski definition) is 2. The van der Waals surface area contributed by atoms with Gasteiger partial charge >= 0.3 is 5.97 Å². The van der Waals surface area contributed by atoms with Gasteiger partial charge in [0, 0.05) is 62.7 Å². The van der Waals surface area contributed by atoms with Crippen molar-refractivity contribution in [1.82, 2.24) is 19.8 Å². The maximum absolute atomic E-state index is 13.5. The Kier molecular flexibility index (Phi) is 7.24. The van der Waals surface area contributed by atoms with Gasteiger partial charge in [-0.25, -0.2) is 14.4 Å². The summed E-state index contributed by atoms with van der Waals surface area (Å²) in [5, 5.41) is 3.81. The molecule has 0 saturated carbocycles. The number of anilines is 3. The Hall–Kier alpha value is -3.70. The van der Waals surface area contributed by atoms with Gasteiger partial charge in [0.25, 0.3) is 5.91 Å².